The second-order valence-corrected chi connectivity index (χ2v) is 6.94. The van der Waals surface area contributed by atoms with Crippen LogP contribution in [0.1, 0.15) is 41.5 Å². The monoisotopic (exact) mass is 323 g/mol. The summed E-state index contributed by atoms with van der Waals surface area (Å²) in [6.07, 6.45) is 7.03. The number of hydrogen-bond donors (Lipinski definition) is 1. The quantitative estimate of drug-likeness (QED) is 0.940. The number of rotatable bonds is 3. The minimum atomic E-state index is -0.699. The number of piperidine rings is 1. The summed E-state index contributed by atoms with van der Waals surface area (Å²) < 4.78 is 0. The van der Waals surface area contributed by atoms with Crippen molar-refractivity contribution in [3.05, 3.63) is 59.7 Å². The molecule has 1 aromatic heterocycles. The summed E-state index contributed by atoms with van der Waals surface area (Å²) in [4.78, 5) is 22.7. The predicted molar refractivity (Wildman–Crippen MR) is 89.6 cm³/mol. The molecule has 1 aliphatic carbocycles. The van der Waals surface area contributed by atoms with E-state index in [1.807, 2.05) is 24.4 Å². The number of carbonyl (C=O) groups is 1. The van der Waals surface area contributed by atoms with Crippen LogP contribution in [0.15, 0.2) is 42.9 Å². The normalized spacial score (nSPS) is 26.4. The Kier molecular flexibility index (Phi) is 4.02. The van der Waals surface area contributed by atoms with Gasteiger partial charge >= 0.3 is 5.97 Å². The molecule has 0 radical (unpaired) electrons. The lowest BCUT2D eigenvalue weighted by Crippen LogP contribution is -2.38. The van der Waals surface area contributed by atoms with Crippen LogP contribution in [0.3, 0.4) is 0 Å². The number of likely N-dealkylation sites (tertiary alicyclic amines) is 1. The summed E-state index contributed by atoms with van der Waals surface area (Å²) >= 11 is 0. The number of aliphatic carboxylic acids is 1. The Labute approximate surface area is 141 Å². The molecule has 24 heavy (non-hydrogen) atoms. The molecule has 1 aliphatic heterocycles. The van der Waals surface area contributed by atoms with Gasteiger partial charge in [-0.25, -0.2) is 0 Å². The molecule has 1 fully saturated rings. The first-order chi connectivity index (χ1) is 11.7. The van der Waals surface area contributed by atoms with Crippen molar-refractivity contribution in [2.75, 3.05) is 13.1 Å². The number of benzene rings is 1. The number of hydrogen-bond acceptors (Lipinski definition) is 4. The van der Waals surface area contributed by atoms with Crippen LogP contribution < -0.4 is 0 Å². The first-order valence-electron chi connectivity index (χ1n) is 8.49. The third-order valence-electron chi connectivity index (χ3n) is 5.29. The molecule has 2 heterocycles. The molecule has 2 aliphatic rings. The highest BCUT2D eigenvalue weighted by Crippen LogP contribution is 2.43. The van der Waals surface area contributed by atoms with Crippen molar-refractivity contribution < 1.29 is 9.90 Å². The number of carboxylic acid groups (broad SMARTS) is 1. The fourth-order valence-electron chi connectivity index (χ4n) is 4.36. The zero-order valence-electron chi connectivity index (χ0n) is 13.5. The molecule has 5 nitrogen and oxygen atoms in total. The Morgan fingerprint density at radius 3 is 2.75 bits per heavy atom. The summed E-state index contributed by atoms with van der Waals surface area (Å²) in [5, 5.41) is 9.70. The van der Waals surface area contributed by atoms with Gasteiger partial charge in [-0.3, -0.25) is 19.7 Å². The zero-order chi connectivity index (χ0) is 16.5. The fraction of sp³-hybridized carbons (Fsp3) is 0.421. The van der Waals surface area contributed by atoms with E-state index in [-0.39, 0.29) is 5.92 Å². The summed E-state index contributed by atoms with van der Waals surface area (Å²) in [7, 11) is 0. The van der Waals surface area contributed by atoms with Gasteiger partial charge in [0.1, 0.15) is 0 Å². The van der Waals surface area contributed by atoms with Crippen LogP contribution >= 0.6 is 0 Å². The summed E-state index contributed by atoms with van der Waals surface area (Å²) in [6, 6.07) is 8.10. The van der Waals surface area contributed by atoms with E-state index in [4.69, 9.17) is 0 Å². The van der Waals surface area contributed by atoms with Crippen molar-refractivity contribution in [1.82, 2.24) is 14.9 Å². The molecule has 0 spiro atoms. The standard InChI is InChI=1S/C19H21N3O2/c23-19(24)18-8-13-7-14(16-3-1-2-4-17(16)18)11-22(10-13)12-15-9-20-5-6-21-15/h1-6,9,13-14,18H,7-8,10-12H2,(H,23,24)/t13-,14-,18?/m1/s1. The second-order valence-electron chi connectivity index (χ2n) is 6.94. The van der Waals surface area contributed by atoms with Crippen LogP contribution in [0, 0.1) is 5.92 Å². The Balaban J connectivity index is 1.63. The topological polar surface area (TPSA) is 66.3 Å². The Morgan fingerprint density at radius 2 is 2.00 bits per heavy atom. The first kappa shape index (κ1) is 15.3. The molecule has 1 saturated heterocycles. The average Bonchev–Trinajstić information content (AvgIpc) is 2.71. The summed E-state index contributed by atoms with van der Waals surface area (Å²) in [5.74, 6) is -0.266. The van der Waals surface area contributed by atoms with Crippen molar-refractivity contribution in [2.24, 2.45) is 5.92 Å². The molecule has 1 unspecified atom stereocenters. The first-order valence-corrected chi connectivity index (χ1v) is 8.49. The van der Waals surface area contributed by atoms with Gasteiger partial charge in [0.25, 0.3) is 0 Å². The summed E-state index contributed by atoms with van der Waals surface area (Å²) in [6.45, 7) is 2.67. The zero-order valence-corrected chi connectivity index (χ0v) is 13.5. The van der Waals surface area contributed by atoms with Gasteiger partial charge in [0.15, 0.2) is 0 Å². The van der Waals surface area contributed by atoms with Gasteiger partial charge < -0.3 is 5.11 Å². The number of nitrogens with zero attached hydrogens (tertiary/aromatic N) is 3. The van der Waals surface area contributed by atoms with Crippen LogP contribution in [-0.4, -0.2) is 39.0 Å². The molecule has 0 amide bonds. The lowest BCUT2D eigenvalue weighted by Gasteiger charge is -2.36. The SMILES string of the molecule is O=C(O)C1C[C@H]2C[C@H](CN(Cc3cnccn3)C2)c2ccccc21. The van der Waals surface area contributed by atoms with Gasteiger partial charge in [-0.2, -0.15) is 0 Å². The number of fused-ring (bicyclic) bond motifs is 4. The maximum Gasteiger partial charge on any atom is 0.310 e. The van der Waals surface area contributed by atoms with Crippen LogP contribution in [0.25, 0.3) is 0 Å². The highest BCUT2D eigenvalue weighted by molar-refractivity contribution is 5.77. The Morgan fingerprint density at radius 1 is 1.17 bits per heavy atom. The van der Waals surface area contributed by atoms with E-state index in [1.165, 1.54) is 5.56 Å². The fourth-order valence-corrected chi connectivity index (χ4v) is 4.36. The minimum absolute atomic E-state index is 0.382. The van der Waals surface area contributed by atoms with Crippen LogP contribution in [0.5, 0.6) is 0 Å². The van der Waals surface area contributed by atoms with Gasteiger partial charge in [0, 0.05) is 38.2 Å². The molecule has 2 aromatic rings. The molecular weight excluding hydrogens is 302 g/mol. The van der Waals surface area contributed by atoms with Crippen molar-refractivity contribution in [3.63, 3.8) is 0 Å². The smallest absolute Gasteiger partial charge is 0.310 e. The third kappa shape index (κ3) is 2.91. The van der Waals surface area contributed by atoms with E-state index in [0.717, 1.165) is 43.7 Å². The number of carboxylic acids is 1. The highest BCUT2D eigenvalue weighted by Gasteiger charge is 2.37. The molecule has 1 N–H and O–H groups in total. The lowest BCUT2D eigenvalue weighted by atomic mass is 9.85. The van der Waals surface area contributed by atoms with Crippen LogP contribution in [0.4, 0.5) is 0 Å². The van der Waals surface area contributed by atoms with Crippen molar-refractivity contribution in [3.8, 4) is 0 Å². The largest absolute Gasteiger partial charge is 0.481 e. The third-order valence-corrected chi connectivity index (χ3v) is 5.29. The van der Waals surface area contributed by atoms with Crippen molar-refractivity contribution in [1.29, 1.82) is 0 Å². The summed E-state index contributed by atoms with van der Waals surface area (Å²) in [5.41, 5.74) is 3.20. The van der Waals surface area contributed by atoms with Gasteiger partial charge in [0.2, 0.25) is 0 Å². The molecular formula is C19H21N3O2. The van der Waals surface area contributed by atoms with E-state index >= 15 is 0 Å². The van der Waals surface area contributed by atoms with Crippen molar-refractivity contribution >= 4 is 5.97 Å². The van der Waals surface area contributed by atoms with E-state index < -0.39 is 5.97 Å². The molecule has 124 valence electrons. The molecule has 4 rings (SSSR count). The maximum absolute atomic E-state index is 11.8. The second kappa shape index (κ2) is 6.32. The number of aromatic nitrogens is 2. The highest BCUT2D eigenvalue weighted by atomic mass is 16.4. The molecule has 5 heteroatoms. The Bertz CT molecular complexity index is 734. The lowest BCUT2D eigenvalue weighted by molar-refractivity contribution is -0.139. The van der Waals surface area contributed by atoms with E-state index in [0.29, 0.717) is 11.8 Å². The predicted octanol–water partition coefficient (Wildman–Crippen LogP) is 2.65. The molecule has 0 saturated carbocycles. The van der Waals surface area contributed by atoms with Crippen LogP contribution in [0.2, 0.25) is 0 Å². The van der Waals surface area contributed by atoms with Gasteiger partial charge in [-0.15, -0.1) is 0 Å². The van der Waals surface area contributed by atoms with E-state index in [2.05, 4.69) is 20.9 Å². The maximum atomic E-state index is 11.8. The van der Waals surface area contributed by atoms with Gasteiger partial charge in [-0.05, 0) is 35.8 Å². The van der Waals surface area contributed by atoms with Gasteiger partial charge in [-0.1, -0.05) is 24.3 Å². The molecule has 3 atom stereocenters. The van der Waals surface area contributed by atoms with Crippen LogP contribution in [-0.2, 0) is 11.3 Å². The minimum Gasteiger partial charge on any atom is -0.481 e. The Hall–Kier alpha value is -2.27. The average molecular weight is 323 g/mol. The van der Waals surface area contributed by atoms with E-state index in [1.54, 1.807) is 12.4 Å². The van der Waals surface area contributed by atoms with E-state index in [9.17, 15) is 9.90 Å². The van der Waals surface area contributed by atoms with Crippen molar-refractivity contribution in [2.45, 2.75) is 31.2 Å². The molecule has 2 bridgehead atoms. The van der Waals surface area contributed by atoms with Gasteiger partial charge in [0.05, 0.1) is 11.6 Å². The molecule has 1 aromatic carbocycles.